The summed E-state index contributed by atoms with van der Waals surface area (Å²) in [6.45, 7) is 2.04. The standard InChI is InChI=1S/C12H11NO/c1-9-10-5-2-3-6-12(10)13-11(9)7-4-8-14/h2-8,13H,1H3/b7-4+. The van der Waals surface area contributed by atoms with Gasteiger partial charge < -0.3 is 4.98 Å². The van der Waals surface area contributed by atoms with Crippen LogP contribution >= 0.6 is 0 Å². The summed E-state index contributed by atoms with van der Waals surface area (Å²) in [6.07, 6.45) is 4.07. The lowest BCUT2D eigenvalue weighted by atomic mass is 10.1. The van der Waals surface area contributed by atoms with Gasteiger partial charge in [0.15, 0.2) is 0 Å². The van der Waals surface area contributed by atoms with Crippen molar-refractivity contribution in [3.63, 3.8) is 0 Å². The average Bonchev–Trinajstić information content (AvgIpc) is 2.54. The van der Waals surface area contributed by atoms with E-state index in [2.05, 4.69) is 11.1 Å². The Morgan fingerprint density at radius 3 is 2.79 bits per heavy atom. The SMILES string of the molecule is Cc1c(/C=C/C=O)[nH]c2ccccc12. The van der Waals surface area contributed by atoms with Crippen LogP contribution in [-0.2, 0) is 4.79 Å². The number of H-pyrrole nitrogens is 1. The lowest BCUT2D eigenvalue weighted by Gasteiger charge is -1.89. The number of rotatable bonds is 2. The third-order valence-electron chi connectivity index (χ3n) is 2.35. The summed E-state index contributed by atoms with van der Waals surface area (Å²) in [7, 11) is 0. The lowest BCUT2D eigenvalue weighted by Crippen LogP contribution is -1.74. The van der Waals surface area contributed by atoms with E-state index in [9.17, 15) is 4.79 Å². The molecule has 70 valence electrons. The molecule has 0 unspecified atom stereocenters. The number of aromatic amines is 1. The van der Waals surface area contributed by atoms with Gasteiger partial charge in [-0.2, -0.15) is 0 Å². The molecule has 0 bridgehead atoms. The minimum Gasteiger partial charge on any atom is -0.355 e. The van der Waals surface area contributed by atoms with Crippen LogP contribution in [0.25, 0.3) is 17.0 Å². The van der Waals surface area contributed by atoms with Gasteiger partial charge in [0.2, 0.25) is 0 Å². The Bertz CT molecular complexity index is 494. The molecule has 1 aromatic carbocycles. The lowest BCUT2D eigenvalue weighted by molar-refractivity contribution is -0.104. The number of fused-ring (bicyclic) bond motifs is 1. The molecule has 1 heterocycles. The first kappa shape index (κ1) is 8.75. The highest BCUT2D eigenvalue weighted by Crippen LogP contribution is 2.21. The van der Waals surface area contributed by atoms with E-state index in [0.29, 0.717) is 0 Å². The molecule has 2 aromatic rings. The first-order chi connectivity index (χ1) is 6.83. The Balaban J connectivity index is 2.62. The smallest absolute Gasteiger partial charge is 0.142 e. The molecule has 0 fully saturated rings. The van der Waals surface area contributed by atoms with E-state index < -0.39 is 0 Å². The molecular formula is C12H11NO. The Kier molecular flexibility index (Phi) is 2.19. The quantitative estimate of drug-likeness (QED) is 0.566. The summed E-state index contributed by atoms with van der Waals surface area (Å²) in [5.41, 5.74) is 3.28. The van der Waals surface area contributed by atoms with Crippen LogP contribution in [0.4, 0.5) is 0 Å². The maximum Gasteiger partial charge on any atom is 0.142 e. The summed E-state index contributed by atoms with van der Waals surface area (Å²) in [4.78, 5) is 13.5. The van der Waals surface area contributed by atoms with Crippen LogP contribution in [0, 0.1) is 6.92 Å². The Morgan fingerprint density at radius 1 is 1.29 bits per heavy atom. The molecule has 2 rings (SSSR count). The van der Waals surface area contributed by atoms with Crippen LogP contribution in [0.2, 0.25) is 0 Å². The Morgan fingerprint density at radius 2 is 2.07 bits per heavy atom. The molecule has 0 spiro atoms. The molecule has 2 nitrogen and oxygen atoms in total. The second kappa shape index (κ2) is 3.50. The molecule has 0 aliphatic carbocycles. The fourth-order valence-corrected chi connectivity index (χ4v) is 1.61. The van der Waals surface area contributed by atoms with Crippen molar-refractivity contribution in [3.8, 4) is 0 Å². The minimum atomic E-state index is 0.783. The van der Waals surface area contributed by atoms with Crippen LogP contribution in [-0.4, -0.2) is 11.3 Å². The largest absolute Gasteiger partial charge is 0.355 e. The molecule has 14 heavy (non-hydrogen) atoms. The molecular weight excluding hydrogens is 174 g/mol. The third kappa shape index (κ3) is 1.35. The maximum absolute atomic E-state index is 10.2. The van der Waals surface area contributed by atoms with Gasteiger partial charge in [0.05, 0.1) is 0 Å². The van der Waals surface area contributed by atoms with Crippen molar-refractivity contribution in [2.45, 2.75) is 6.92 Å². The van der Waals surface area contributed by atoms with Gasteiger partial charge in [-0.1, -0.05) is 18.2 Å². The normalized spacial score (nSPS) is 11.2. The predicted octanol–water partition coefficient (Wildman–Crippen LogP) is 2.69. The first-order valence-corrected chi connectivity index (χ1v) is 4.52. The number of carbonyl (C=O) groups excluding carboxylic acids is 1. The number of carbonyl (C=O) groups is 1. The fraction of sp³-hybridized carbons (Fsp3) is 0.0833. The summed E-state index contributed by atoms with van der Waals surface area (Å²) >= 11 is 0. The number of para-hydroxylation sites is 1. The van der Waals surface area contributed by atoms with Crippen molar-refractivity contribution >= 4 is 23.3 Å². The van der Waals surface area contributed by atoms with Crippen LogP contribution in [0.5, 0.6) is 0 Å². The molecule has 1 N–H and O–H groups in total. The van der Waals surface area contributed by atoms with Gasteiger partial charge >= 0.3 is 0 Å². The van der Waals surface area contributed by atoms with Gasteiger partial charge in [0, 0.05) is 16.6 Å². The number of aryl methyl sites for hydroxylation is 1. The van der Waals surface area contributed by atoms with Gasteiger partial charge in [-0.3, -0.25) is 4.79 Å². The van der Waals surface area contributed by atoms with Gasteiger partial charge in [-0.15, -0.1) is 0 Å². The van der Waals surface area contributed by atoms with Gasteiger partial charge in [0.1, 0.15) is 6.29 Å². The topological polar surface area (TPSA) is 32.9 Å². The van der Waals surface area contributed by atoms with Crippen molar-refractivity contribution in [1.29, 1.82) is 0 Å². The van der Waals surface area contributed by atoms with Crippen molar-refractivity contribution < 1.29 is 4.79 Å². The van der Waals surface area contributed by atoms with Crippen LogP contribution in [0.1, 0.15) is 11.3 Å². The number of allylic oxidation sites excluding steroid dienone is 1. The Labute approximate surface area is 82.3 Å². The van der Waals surface area contributed by atoms with E-state index in [1.54, 1.807) is 6.08 Å². The number of aldehydes is 1. The maximum atomic E-state index is 10.2. The summed E-state index contributed by atoms with van der Waals surface area (Å²) < 4.78 is 0. The predicted molar refractivity (Wildman–Crippen MR) is 58.1 cm³/mol. The molecule has 1 aromatic heterocycles. The molecule has 0 radical (unpaired) electrons. The monoisotopic (exact) mass is 185 g/mol. The molecule has 0 saturated carbocycles. The fourth-order valence-electron chi connectivity index (χ4n) is 1.61. The average molecular weight is 185 g/mol. The highest BCUT2D eigenvalue weighted by Gasteiger charge is 2.02. The van der Waals surface area contributed by atoms with Gasteiger partial charge in [-0.05, 0) is 30.7 Å². The molecule has 0 aliphatic heterocycles. The zero-order chi connectivity index (χ0) is 9.97. The van der Waals surface area contributed by atoms with E-state index in [0.717, 1.165) is 17.5 Å². The van der Waals surface area contributed by atoms with E-state index in [1.807, 2.05) is 25.1 Å². The van der Waals surface area contributed by atoms with Crippen molar-refractivity contribution in [1.82, 2.24) is 4.98 Å². The molecule has 0 saturated heterocycles. The van der Waals surface area contributed by atoms with E-state index in [1.165, 1.54) is 17.0 Å². The number of hydrogen-bond donors (Lipinski definition) is 1. The second-order valence-electron chi connectivity index (χ2n) is 3.20. The Hall–Kier alpha value is -1.83. The van der Waals surface area contributed by atoms with Crippen molar-refractivity contribution in [2.75, 3.05) is 0 Å². The van der Waals surface area contributed by atoms with Gasteiger partial charge in [0.25, 0.3) is 0 Å². The second-order valence-corrected chi connectivity index (χ2v) is 3.20. The highest BCUT2D eigenvalue weighted by atomic mass is 16.1. The van der Waals surface area contributed by atoms with Gasteiger partial charge in [-0.25, -0.2) is 0 Å². The number of benzene rings is 1. The van der Waals surface area contributed by atoms with Crippen molar-refractivity contribution in [3.05, 3.63) is 41.6 Å². The molecule has 0 amide bonds. The molecule has 0 atom stereocenters. The molecule has 0 aliphatic rings. The zero-order valence-electron chi connectivity index (χ0n) is 7.95. The molecule has 2 heteroatoms. The highest BCUT2D eigenvalue weighted by molar-refractivity contribution is 5.88. The van der Waals surface area contributed by atoms with Crippen LogP contribution < -0.4 is 0 Å². The number of aromatic nitrogens is 1. The van der Waals surface area contributed by atoms with Crippen molar-refractivity contribution in [2.24, 2.45) is 0 Å². The first-order valence-electron chi connectivity index (χ1n) is 4.52. The van der Waals surface area contributed by atoms with Crippen LogP contribution in [0.15, 0.2) is 30.3 Å². The van der Waals surface area contributed by atoms with E-state index >= 15 is 0 Å². The summed E-state index contributed by atoms with van der Waals surface area (Å²) in [6, 6.07) is 8.10. The van der Waals surface area contributed by atoms with Crippen LogP contribution in [0.3, 0.4) is 0 Å². The summed E-state index contributed by atoms with van der Waals surface area (Å²) in [5.74, 6) is 0. The van der Waals surface area contributed by atoms with E-state index in [4.69, 9.17) is 0 Å². The number of nitrogens with one attached hydrogen (secondary N) is 1. The minimum absolute atomic E-state index is 0.783. The van der Waals surface area contributed by atoms with E-state index in [-0.39, 0.29) is 0 Å². The third-order valence-corrected chi connectivity index (χ3v) is 2.35. The zero-order valence-corrected chi connectivity index (χ0v) is 7.95. The number of hydrogen-bond acceptors (Lipinski definition) is 1. The summed E-state index contributed by atoms with van der Waals surface area (Å²) in [5, 5.41) is 1.21.